The molecule has 34 heavy (non-hydrogen) atoms. The molecule has 1 saturated heterocycles. The van der Waals surface area contributed by atoms with Gasteiger partial charge in [-0.2, -0.15) is 0 Å². The third-order valence-electron chi connectivity index (χ3n) is 6.32. The number of hydrogen-bond donors (Lipinski definition) is 2. The van der Waals surface area contributed by atoms with E-state index >= 15 is 0 Å². The summed E-state index contributed by atoms with van der Waals surface area (Å²) < 4.78 is 0. The highest BCUT2D eigenvalue weighted by Gasteiger charge is 2.36. The van der Waals surface area contributed by atoms with E-state index in [1.807, 2.05) is 62.4 Å². The monoisotopic (exact) mass is 483 g/mol. The second kappa shape index (κ2) is 11.5. The van der Waals surface area contributed by atoms with Gasteiger partial charge in [0.25, 0.3) is 5.91 Å². The highest BCUT2D eigenvalue weighted by atomic mass is 35.5. The minimum absolute atomic E-state index is 0. The Balaban J connectivity index is 0.00000324. The van der Waals surface area contributed by atoms with Crippen molar-refractivity contribution in [1.82, 2.24) is 10.2 Å². The number of piperidine rings is 1. The molecule has 2 aromatic carbocycles. The number of likely N-dealkylation sites (N-methyl/N-ethyl adjacent to an activating group) is 1. The minimum Gasteiger partial charge on any atom is -0.308 e. The first kappa shape index (κ1) is 25.7. The van der Waals surface area contributed by atoms with E-state index in [4.69, 9.17) is 4.99 Å². The molecule has 2 unspecified atom stereocenters. The van der Waals surface area contributed by atoms with Gasteiger partial charge >= 0.3 is 6.03 Å². The molecule has 0 saturated carbocycles. The molecule has 4 rings (SSSR count). The molecule has 2 N–H and O–H groups in total. The molecule has 0 aromatic heterocycles. The van der Waals surface area contributed by atoms with Crippen molar-refractivity contribution in [2.75, 3.05) is 30.4 Å². The van der Waals surface area contributed by atoms with E-state index in [-0.39, 0.29) is 24.4 Å². The van der Waals surface area contributed by atoms with Gasteiger partial charge in [-0.05, 0) is 63.5 Å². The number of aliphatic imine (C=N–C) groups is 1. The average Bonchev–Trinajstić information content (AvgIpc) is 2.90. The van der Waals surface area contributed by atoms with Crippen LogP contribution in [0.15, 0.2) is 53.5 Å². The zero-order chi connectivity index (χ0) is 23.4. The van der Waals surface area contributed by atoms with Gasteiger partial charge in [0, 0.05) is 17.8 Å². The van der Waals surface area contributed by atoms with Gasteiger partial charge in [-0.3, -0.25) is 14.7 Å². The first-order valence-corrected chi connectivity index (χ1v) is 11.8. The number of halogens is 1. The molecule has 3 amide bonds. The lowest BCUT2D eigenvalue weighted by Crippen LogP contribution is -2.49. The highest BCUT2D eigenvalue weighted by molar-refractivity contribution is 6.15. The number of benzodiazepines with no additional fused rings is 1. The lowest BCUT2D eigenvalue weighted by Gasteiger charge is -2.34. The van der Waals surface area contributed by atoms with Crippen LogP contribution in [0.4, 0.5) is 16.2 Å². The summed E-state index contributed by atoms with van der Waals surface area (Å²) >= 11 is 0. The van der Waals surface area contributed by atoms with E-state index in [1.54, 1.807) is 4.90 Å². The fraction of sp³-hybridized carbons (Fsp3) is 0.423. The molecule has 0 radical (unpaired) electrons. The van der Waals surface area contributed by atoms with Crippen molar-refractivity contribution in [1.29, 1.82) is 0 Å². The summed E-state index contributed by atoms with van der Waals surface area (Å²) in [7, 11) is 2.11. The first-order valence-electron chi connectivity index (χ1n) is 11.8. The molecular formula is C26H34ClN5O2. The second-order valence-corrected chi connectivity index (χ2v) is 8.88. The number of fused-ring (bicyclic) bond motifs is 1. The summed E-state index contributed by atoms with van der Waals surface area (Å²) in [5.74, 6) is -0.211. The Morgan fingerprint density at radius 2 is 1.94 bits per heavy atom. The maximum absolute atomic E-state index is 13.6. The molecule has 182 valence electrons. The topological polar surface area (TPSA) is 77.0 Å². The van der Waals surface area contributed by atoms with Gasteiger partial charge in [0.2, 0.25) is 6.17 Å². The van der Waals surface area contributed by atoms with Crippen molar-refractivity contribution in [2.45, 2.75) is 51.7 Å². The Hall–Kier alpha value is -2.90. The third kappa shape index (κ3) is 5.59. The van der Waals surface area contributed by atoms with Gasteiger partial charge in [-0.15, -0.1) is 12.4 Å². The van der Waals surface area contributed by atoms with Crippen LogP contribution < -0.4 is 15.5 Å². The van der Waals surface area contributed by atoms with Crippen LogP contribution in [0.25, 0.3) is 0 Å². The molecular weight excluding hydrogens is 450 g/mol. The number of rotatable bonds is 5. The Bertz CT molecular complexity index is 1060. The quantitative estimate of drug-likeness (QED) is 0.652. The normalized spacial score (nSPS) is 20.5. The Kier molecular flexibility index (Phi) is 8.69. The van der Waals surface area contributed by atoms with Crippen LogP contribution in [-0.2, 0) is 4.79 Å². The van der Waals surface area contributed by atoms with E-state index < -0.39 is 12.2 Å². The van der Waals surface area contributed by atoms with Gasteiger partial charge in [-0.25, -0.2) is 4.79 Å². The molecule has 2 aromatic rings. The van der Waals surface area contributed by atoms with Gasteiger partial charge < -0.3 is 15.5 Å². The molecule has 2 heterocycles. The predicted octanol–water partition coefficient (Wildman–Crippen LogP) is 4.59. The standard InChI is InChI=1S/C26H33N5O2.ClH/c1-4-15-31-21-13-6-5-12-20(21)23(22-14-7-8-16-30(22)3)28-24(25(31)32)29-26(33)27-19-11-9-10-18(2)17-19;/h5-6,9-13,17,22,24H,4,7-8,14-16H2,1-3H3,(H2,27,29,33);1H. The fourth-order valence-corrected chi connectivity index (χ4v) is 4.70. The highest BCUT2D eigenvalue weighted by Crippen LogP contribution is 2.30. The van der Waals surface area contributed by atoms with Gasteiger partial charge in [-0.1, -0.05) is 43.7 Å². The Morgan fingerprint density at radius 1 is 1.15 bits per heavy atom. The van der Waals surface area contributed by atoms with Gasteiger partial charge in [0.05, 0.1) is 17.4 Å². The number of amides is 3. The zero-order valence-corrected chi connectivity index (χ0v) is 20.9. The maximum Gasteiger partial charge on any atom is 0.321 e. The number of benzene rings is 2. The van der Waals surface area contributed by atoms with Crippen molar-refractivity contribution < 1.29 is 9.59 Å². The second-order valence-electron chi connectivity index (χ2n) is 8.88. The third-order valence-corrected chi connectivity index (χ3v) is 6.32. The van der Waals surface area contributed by atoms with Crippen LogP contribution in [0.5, 0.6) is 0 Å². The van der Waals surface area contributed by atoms with Crippen LogP contribution in [-0.4, -0.2) is 54.9 Å². The van der Waals surface area contributed by atoms with E-state index in [9.17, 15) is 9.59 Å². The smallest absolute Gasteiger partial charge is 0.308 e. The summed E-state index contributed by atoms with van der Waals surface area (Å²) in [6, 6.07) is 15.2. The number of hydrogen-bond acceptors (Lipinski definition) is 4. The predicted molar refractivity (Wildman–Crippen MR) is 140 cm³/mol. The number of urea groups is 1. The largest absolute Gasteiger partial charge is 0.321 e. The first-order chi connectivity index (χ1) is 16.0. The number of anilines is 2. The van der Waals surface area contributed by atoms with Crippen molar-refractivity contribution in [3.63, 3.8) is 0 Å². The van der Waals surface area contributed by atoms with Crippen LogP contribution in [0.2, 0.25) is 0 Å². The zero-order valence-electron chi connectivity index (χ0n) is 20.1. The molecule has 2 aliphatic rings. The SMILES string of the molecule is CCCN1C(=O)C(NC(=O)Nc2cccc(C)c2)N=C(C2CCCCN2C)c2ccccc21.Cl. The maximum atomic E-state index is 13.6. The summed E-state index contributed by atoms with van der Waals surface area (Å²) in [6.45, 7) is 5.57. The molecule has 2 atom stereocenters. The number of aryl methyl sites for hydroxylation is 1. The number of likely N-dealkylation sites (tertiary alicyclic amines) is 1. The van der Waals surface area contributed by atoms with Gasteiger partial charge in [0.1, 0.15) is 0 Å². The molecule has 0 bridgehead atoms. The van der Waals surface area contributed by atoms with Crippen molar-refractivity contribution in [2.24, 2.45) is 4.99 Å². The van der Waals surface area contributed by atoms with Crippen LogP contribution in [0.1, 0.15) is 43.7 Å². The molecule has 0 aliphatic carbocycles. The summed E-state index contributed by atoms with van der Waals surface area (Å²) in [5, 5.41) is 5.68. The average molecular weight is 484 g/mol. The Morgan fingerprint density at radius 3 is 2.68 bits per heavy atom. The summed E-state index contributed by atoms with van der Waals surface area (Å²) in [6.07, 6.45) is 3.08. The van der Waals surface area contributed by atoms with Crippen molar-refractivity contribution in [3.05, 3.63) is 59.7 Å². The Labute approximate surface area is 208 Å². The lowest BCUT2D eigenvalue weighted by molar-refractivity contribution is -0.120. The lowest BCUT2D eigenvalue weighted by atomic mass is 9.93. The number of nitrogens with one attached hydrogen (secondary N) is 2. The van der Waals surface area contributed by atoms with Crippen molar-refractivity contribution >= 4 is 41.4 Å². The van der Waals surface area contributed by atoms with E-state index in [2.05, 4.69) is 22.6 Å². The molecule has 8 heteroatoms. The summed E-state index contributed by atoms with van der Waals surface area (Å²) in [4.78, 5) is 35.5. The van der Waals surface area contributed by atoms with Gasteiger partial charge in [0.15, 0.2) is 0 Å². The minimum atomic E-state index is -0.987. The van der Waals surface area contributed by atoms with Crippen LogP contribution >= 0.6 is 12.4 Å². The molecule has 7 nitrogen and oxygen atoms in total. The van der Waals surface area contributed by atoms with E-state index in [0.29, 0.717) is 12.2 Å². The fourth-order valence-electron chi connectivity index (χ4n) is 4.70. The molecule has 1 fully saturated rings. The van der Waals surface area contributed by atoms with Crippen molar-refractivity contribution in [3.8, 4) is 0 Å². The van der Waals surface area contributed by atoms with E-state index in [0.717, 1.165) is 54.8 Å². The van der Waals surface area contributed by atoms with Crippen LogP contribution in [0, 0.1) is 6.92 Å². The van der Waals surface area contributed by atoms with E-state index in [1.165, 1.54) is 0 Å². The molecule has 0 spiro atoms. The number of nitrogens with zero attached hydrogens (tertiary/aromatic N) is 3. The summed E-state index contributed by atoms with van der Waals surface area (Å²) in [5.41, 5.74) is 4.44. The number of para-hydroxylation sites is 1. The number of carbonyl (C=O) groups is 2. The molecule has 2 aliphatic heterocycles. The number of carbonyl (C=O) groups excluding carboxylic acids is 2. The van der Waals surface area contributed by atoms with Crippen LogP contribution in [0.3, 0.4) is 0 Å².